The summed E-state index contributed by atoms with van der Waals surface area (Å²) in [6, 6.07) is 6.47. The molecule has 2 aliphatic rings. The molecule has 7 heteroatoms. The Morgan fingerprint density at radius 1 is 1.35 bits per heavy atom. The van der Waals surface area contributed by atoms with E-state index >= 15 is 0 Å². The SMILES string of the molecule is O=C(c1cccnc1)N1CCC[C@@]2(C[C@@H](Nc3ncccc3F)CO2)C1. The number of amides is 1. The van der Waals surface area contributed by atoms with E-state index in [0.717, 1.165) is 19.3 Å². The van der Waals surface area contributed by atoms with Crippen LogP contribution in [0.3, 0.4) is 0 Å². The summed E-state index contributed by atoms with van der Waals surface area (Å²) in [5, 5.41) is 3.13. The lowest BCUT2D eigenvalue weighted by atomic mass is 9.88. The highest BCUT2D eigenvalue weighted by Crippen LogP contribution is 2.36. The molecule has 2 aliphatic heterocycles. The molecule has 0 radical (unpaired) electrons. The standard InChI is InChI=1S/C19H21FN4O2/c20-16-5-2-8-22-17(16)23-15-10-19(26-12-15)6-3-9-24(13-19)18(25)14-4-1-7-21-11-14/h1-2,4-5,7-8,11,15H,3,6,9-10,12-13H2,(H,22,23)/t15-,19-/m1/s1. The first-order valence-corrected chi connectivity index (χ1v) is 8.86. The third-order valence-corrected chi connectivity index (χ3v) is 5.04. The van der Waals surface area contributed by atoms with Crippen LogP contribution in [0.25, 0.3) is 0 Å². The van der Waals surface area contributed by atoms with Crippen LogP contribution in [0.2, 0.25) is 0 Å². The summed E-state index contributed by atoms with van der Waals surface area (Å²) in [6.07, 6.45) is 7.31. The van der Waals surface area contributed by atoms with E-state index in [4.69, 9.17) is 4.74 Å². The van der Waals surface area contributed by atoms with E-state index in [1.165, 1.54) is 6.07 Å². The Morgan fingerprint density at radius 3 is 3.04 bits per heavy atom. The number of hydrogen-bond donors (Lipinski definition) is 1. The fraction of sp³-hybridized carbons (Fsp3) is 0.421. The van der Waals surface area contributed by atoms with Crippen molar-refractivity contribution in [3.63, 3.8) is 0 Å². The Bertz CT molecular complexity index is 788. The molecule has 26 heavy (non-hydrogen) atoms. The number of nitrogens with zero attached hydrogens (tertiary/aromatic N) is 3. The molecule has 4 rings (SSSR count). The van der Waals surface area contributed by atoms with Crippen LogP contribution in [0.15, 0.2) is 42.9 Å². The van der Waals surface area contributed by atoms with Gasteiger partial charge in [0, 0.05) is 31.6 Å². The van der Waals surface area contributed by atoms with Crippen LogP contribution in [0.4, 0.5) is 10.2 Å². The lowest BCUT2D eigenvalue weighted by Gasteiger charge is -2.39. The Labute approximate surface area is 151 Å². The second-order valence-corrected chi connectivity index (χ2v) is 6.95. The Hall–Kier alpha value is -2.54. The zero-order valence-electron chi connectivity index (χ0n) is 14.4. The van der Waals surface area contributed by atoms with E-state index in [0.29, 0.717) is 25.3 Å². The zero-order valence-corrected chi connectivity index (χ0v) is 14.4. The quantitative estimate of drug-likeness (QED) is 0.915. The average molecular weight is 356 g/mol. The van der Waals surface area contributed by atoms with Crippen LogP contribution in [0.5, 0.6) is 0 Å². The Morgan fingerprint density at radius 2 is 2.23 bits per heavy atom. The Kier molecular flexibility index (Phi) is 4.55. The van der Waals surface area contributed by atoms with Crippen molar-refractivity contribution in [1.82, 2.24) is 14.9 Å². The molecule has 1 N–H and O–H groups in total. The van der Waals surface area contributed by atoms with Gasteiger partial charge in [-0.2, -0.15) is 0 Å². The summed E-state index contributed by atoms with van der Waals surface area (Å²) in [4.78, 5) is 22.6. The van der Waals surface area contributed by atoms with E-state index in [-0.39, 0.29) is 29.2 Å². The maximum Gasteiger partial charge on any atom is 0.255 e. The minimum Gasteiger partial charge on any atom is -0.371 e. The molecular formula is C19H21FN4O2. The van der Waals surface area contributed by atoms with E-state index in [9.17, 15) is 9.18 Å². The third-order valence-electron chi connectivity index (χ3n) is 5.04. The number of ether oxygens (including phenoxy) is 1. The van der Waals surface area contributed by atoms with Gasteiger partial charge >= 0.3 is 0 Å². The molecular weight excluding hydrogens is 335 g/mol. The molecule has 2 atom stereocenters. The molecule has 1 amide bonds. The summed E-state index contributed by atoms with van der Waals surface area (Å²) in [6.45, 7) is 1.74. The third kappa shape index (κ3) is 3.39. The van der Waals surface area contributed by atoms with Gasteiger partial charge in [-0.05, 0) is 37.1 Å². The van der Waals surface area contributed by atoms with Gasteiger partial charge < -0.3 is 15.0 Å². The van der Waals surface area contributed by atoms with Crippen molar-refractivity contribution >= 4 is 11.7 Å². The van der Waals surface area contributed by atoms with Crippen molar-refractivity contribution in [1.29, 1.82) is 0 Å². The van der Waals surface area contributed by atoms with E-state index in [1.807, 2.05) is 4.90 Å². The van der Waals surface area contributed by atoms with Crippen molar-refractivity contribution in [2.75, 3.05) is 25.0 Å². The fourth-order valence-corrected chi connectivity index (χ4v) is 3.85. The van der Waals surface area contributed by atoms with Crippen molar-refractivity contribution in [3.8, 4) is 0 Å². The number of nitrogens with one attached hydrogen (secondary N) is 1. The first kappa shape index (κ1) is 16.9. The molecule has 1 spiro atoms. The van der Waals surface area contributed by atoms with Gasteiger partial charge in [0.2, 0.25) is 0 Å². The lowest BCUT2D eigenvalue weighted by Crippen LogP contribution is -2.50. The number of hydrogen-bond acceptors (Lipinski definition) is 5. The van der Waals surface area contributed by atoms with Gasteiger partial charge in [-0.3, -0.25) is 9.78 Å². The first-order valence-electron chi connectivity index (χ1n) is 8.86. The van der Waals surface area contributed by atoms with E-state index in [2.05, 4.69) is 15.3 Å². The monoisotopic (exact) mass is 356 g/mol. The average Bonchev–Trinajstić information content (AvgIpc) is 3.05. The molecule has 2 fully saturated rings. The summed E-state index contributed by atoms with van der Waals surface area (Å²) < 4.78 is 19.9. The zero-order chi connectivity index (χ0) is 18.0. The number of pyridine rings is 2. The highest BCUT2D eigenvalue weighted by molar-refractivity contribution is 5.94. The number of carbonyl (C=O) groups excluding carboxylic acids is 1. The number of halogens is 1. The minimum absolute atomic E-state index is 0.0204. The fourth-order valence-electron chi connectivity index (χ4n) is 3.85. The highest BCUT2D eigenvalue weighted by Gasteiger charge is 2.44. The maximum absolute atomic E-state index is 13.8. The normalized spacial score (nSPS) is 25.4. The molecule has 0 saturated carbocycles. The van der Waals surface area contributed by atoms with E-state index in [1.54, 1.807) is 36.8 Å². The lowest BCUT2D eigenvalue weighted by molar-refractivity contribution is -0.0447. The van der Waals surface area contributed by atoms with Gasteiger partial charge in [0.05, 0.1) is 30.4 Å². The largest absolute Gasteiger partial charge is 0.371 e. The van der Waals surface area contributed by atoms with Gasteiger partial charge in [-0.1, -0.05) is 0 Å². The van der Waals surface area contributed by atoms with Gasteiger partial charge in [0.15, 0.2) is 11.6 Å². The summed E-state index contributed by atoms with van der Waals surface area (Å²) in [5.74, 6) is -0.143. The number of carbonyl (C=O) groups is 1. The number of likely N-dealkylation sites (tertiary alicyclic amines) is 1. The predicted molar refractivity (Wildman–Crippen MR) is 94.3 cm³/mol. The first-order chi connectivity index (χ1) is 12.7. The van der Waals surface area contributed by atoms with Gasteiger partial charge in [0.1, 0.15) is 0 Å². The van der Waals surface area contributed by atoms with E-state index < -0.39 is 0 Å². The molecule has 6 nitrogen and oxygen atoms in total. The molecule has 0 aromatic carbocycles. The van der Waals surface area contributed by atoms with Crippen molar-refractivity contribution in [3.05, 3.63) is 54.2 Å². The number of aromatic nitrogens is 2. The predicted octanol–water partition coefficient (Wildman–Crippen LogP) is 2.49. The summed E-state index contributed by atoms with van der Waals surface area (Å²) in [5.41, 5.74) is 0.215. The van der Waals surface area contributed by atoms with Gasteiger partial charge in [0.25, 0.3) is 5.91 Å². The number of rotatable bonds is 3. The number of piperidine rings is 1. The molecule has 4 heterocycles. The molecule has 2 saturated heterocycles. The molecule has 2 aromatic heterocycles. The van der Waals surface area contributed by atoms with Crippen LogP contribution in [0.1, 0.15) is 29.6 Å². The second-order valence-electron chi connectivity index (χ2n) is 6.95. The van der Waals surface area contributed by atoms with Gasteiger partial charge in [-0.25, -0.2) is 9.37 Å². The smallest absolute Gasteiger partial charge is 0.255 e. The maximum atomic E-state index is 13.8. The minimum atomic E-state index is -0.376. The Balaban J connectivity index is 1.43. The molecule has 2 aromatic rings. The summed E-state index contributed by atoms with van der Waals surface area (Å²) >= 11 is 0. The van der Waals surface area contributed by atoms with Crippen molar-refractivity contribution < 1.29 is 13.9 Å². The molecule has 0 aliphatic carbocycles. The van der Waals surface area contributed by atoms with Crippen LogP contribution < -0.4 is 5.32 Å². The molecule has 0 unspecified atom stereocenters. The topological polar surface area (TPSA) is 67.4 Å². The van der Waals surface area contributed by atoms with Crippen LogP contribution in [-0.2, 0) is 4.74 Å². The highest BCUT2D eigenvalue weighted by atomic mass is 19.1. The van der Waals surface area contributed by atoms with Crippen LogP contribution in [0, 0.1) is 5.82 Å². The summed E-state index contributed by atoms with van der Waals surface area (Å²) in [7, 11) is 0. The van der Waals surface area contributed by atoms with Gasteiger partial charge in [-0.15, -0.1) is 0 Å². The second kappa shape index (κ2) is 6.99. The number of anilines is 1. The van der Waals surface area contributed by atoms with Crippen molar-refractivity contribution in [2.24, 2.45) is 0 Å². The van der Waals surface area contributed by atoms with Crippen LogP contribution >= 0.6 is 0 Å². The molecule has 0 bridgehead atoms. The van der Waals surface area contributed by atoms with Crippen LogP contribution in [-0.4, -0.2) is 52.1 Å². The molecule has 136 valence electrons. The van der Waals surface area contributed by atoms with Crippen molar-refractivity contribution in [2.45, 2.75) is 30.9 Å².